The lowest BCUT2D eigenvalue weighted by atomic mass is 9.99. The Morgan fingerprint density at radius 3 is 2.18 bits per heavy atom. The molecule has 1 heterocycles. The summed E-state index contributed by atoms with van der Waals surface area (Å²) in [7, 11) is 0. The zero-order valence-corrected chi connectivity index (χ0v) is 12.8. The van der Waals surface area contributed by atoms with Crippen LogP contribution in [0.5, 0.6) is 0 Å². The van der Waals surface area contributed by atoms with Gasteiger partial charge in [0.15, 0.2) is 12.4 Å². The third-order valence-electron chi connectivity index (χ3n) is 3.25. The lowest BCUT2D eigenvalue weighted by molar-refractivity contribution is -0.291. The van der Waals surface area contributed by atoms with Crippen molar-refractivity contribution >= 4 is 11.9 Å². The highest BCUT2D eigenvalue weighted by atomic mass is 16.7. The highest BCUT2D eigenvalue weighted by Crippen LogP contribution is 2.23. The molecule has 0 aromatic carbocycles. The van der Waals surface area contributed by atoms with Gasteiger partial charge in [0.2, 0.25) is 0 Å². The molecule has 1 saturated heterocycles. The fourth-order valence-corrected chi connectivity index (χ4v) is 2.05. The second-order valence-electron chi connectivity index (χ2n) is 5.18. The van der Waals surface area contributed by atoms with Crippen LogP contribution in [0.25, 0.3) is 0 Å². The molecule has 22 heavy (non-hydrogen) atoms. The second kappa shape index (κ2) is 9.04. The minimum absolute atomic E-state index is 0.129. The van der Waals surface area contributed by atoms with Gasteiger partial charge in [0.25, 0.3) is 0 Å². The van der Waals surface area contributed by atoms with Gasteiger partial charge < -0.3 is 29.5 Å². The van der Waals surface area contributed by atoms with Crippen molar-refractivity contribution in [3.8, 4) is 0 Å². The maximum absolute atomic E-state index is 11.4. The molecule has 0 saturated carbocycles. The summed E-state index contributed by atoms with van der Waals surface area (Å²) in [5.41, 5.74) is 0. The van der Waals surface area contributed by atoms with Gasteiger partial charge >= 0.3 is 11.9 Å². The van der Waals surface area contributed by atoms with Gasteiger partial charge in [-0.2, -0.15) is 0 Å². The van der Waals surface area contributed by atoms with E-state index in [9.17, 15) is 24.9 Å². The van der Waals surface area contributed by atoms with Crippen LogP contribution in [0, 0.1) is 0 Å². The summed E-state index contributed by atoms with van der Waals surface area (Å²) < 4.78 is 14.9. The second-order valence-corrected chi connectivity index (χ2v) is 5.18. The van der Waals surface area contributed by atoms with E-state index in [0.29, 0.717) is 12.8 Å². The largest absolute Gasteiger partial charge is 0.463 e. The Bertz CT molecular complexity index is 370. The molecule has 8 heteroatoms. The number of ether oxygens (including phenoxy) is 3. The zero-order valence-electron chi connectivity index (χ0n) is 12.8. The normalized spacial score (nSPS) is 31.6. The lowest BCUT2D eigenvalue weighted by Crippen LogP contribution is -2.60. The predicted octanol–water partition coefficient (Wildman–Crippen LogP) is -0.519. The van der Waals surface area contributed by atoms with Crippen LogP contribution in [0.1, 0.15) is 39.5 Å². The predicted molar refractivity (Wildman–Crippen MR) is 73.5 cm³/mol. The van der Waals surface area contributed by atoms with Crippen molar-refractivity contribution in [1.29, 1.82) is 0 Å². The molecule has 0 radical (unpaired) electrons. The molecule has 0 unspecified atom stereocenters. The third kappa shape index (κ3) is 5.20. The first-order valence-corrected chi connectivity index (χ1v) is 7.45. The summed E-state index contributed by atoms with van der Waals surface area (Å²) in [6.45, 7) is 3.29. The van der Waals surface area contributed by atoms with E-state index in [1.54, 1.807) is 6.92 Å². The Labute approximate surface area is 129 Å². The smallest absolute Gasteiger partial charge is 0.306 e. The summed E-state index contributed by atoms with van der Waals surface area (Å²) in [6, 6.07) is 0. The van der Waals surface area contributed by atoms with Crippen LogP contribution in [-0.2, 0) is 23.8 Å². The van der Waals surface area contributed by atoms with Crippen molar-refractivity contribution in [1.82, 2.24) is 0 Å². The van der Waals surface area contributed by atoms with E-state index < -0.39 is 42.6 Å². The number of esters is 2. The number of aliphatic hydroxyl groups is 3. The summed E-state index contributed by atoms with van der Waals surface area (Å²) in [5, 5.41) is 29.7. The molecule has 0 aromatic heterocycles. The number of hydrogen-bond donors (Lipinski definition) is 3. The van der Waals surface area contributed by atoms with Crippen molar-refractivity contribution in [2.45, 2.75) is 70.2 Å². The van der Waals surface area contributed by atoms with Crippen LogP contribution in [0.3, 0.4) is 0 Å². The fourth-order valence-electron chi connectivity index (χ4n) is 2.05. The number of aliphatic hydroxyl groups excluding tert-OH is 3. The molecule has 1 aliphatic heterocycles. The monoisotopic (exact) mass is 320 g/mol. The van der Waals surface area contributed by atoms with Gasteiger partial charge in [-0.05, 0) is 12.8 Å². The Morgan fingerprint density at radius 1 is 1.00 bits per heavy atom. The molecule has 8 nitrogen and oxygen atoms in total. The van der Waals surface area contributed by atoms with Crippen molar-refractivity contribution in [2.75, 3.05) is 6.61 Å². The molecule has 0 amide bonds. The standard InChI is InChI=1S/C14H24O8/c1-3-5-9(15)20-7-8-11(17)12(18)13(14(19)21-8)22-10(16)6-4-2/h8,11-14,17-19H,3-7H2,1-2H3/t8-,11+,12+,13-,14+/m1/s1. The number of rotatable bonds is 7. The van der Waals surface area contributed by atoms with E-state index in [4.69, 9.17) is 14.2 Å². The number of carbonyl (C=O) groups is 2. The molecule has 0 spiro atoms. The zero-order chi connectivity index (χ0) is 16.7. The quantitative estimate of drug-likeness (QED) is 0.536. The first-order valence-electron chi connectivity index (χ1n) is 7.45. The Kier molecular flexibility index (Phi) is 7.74. The minimum atomic E-state index is -1.60. The van der Waals surface area contributed by atoms with Gasteiger partial charge in [0.1, 0.15) is 24.9 Å². The molecule has 1 aliphatic rings. The van der Waals surface area contributed by atoms with E-state index in [1.165, 1.54) is 0 Å². The summed E-state index contributed by atoms with van der Waals surface area (Å²) in [6.07, 6.45) is -5.52. The maximum Gasteiger partial charge on any atom is 0.306 e. The van der Waals surface area contributed by atoms with Crippen LogP contribution < -0.4 is 0 Å². The summed E-state index contributed by atoms with van der Waals surface area (Å²) in [4.78, 5) is 22.7. The van der Waals surface area contributed by atoms with Gasteiger partial charge in [0.05, 0.1) is 0 Å². The fraction of sp³-hybridized carbons (Fsp3) is 0.857. The highest BCUT2D eigenvalue weighted by Gasteiger charge is 2.46. The first-order chi connectivity index (χ1) is 10.4. The molecular weight excluding hydrogens is 296 g/mol. The average molecular weight is 320 g/mol. The summed E-state index contributed by atoms with van der Waals surface area (Å²) in [5.74, 6) is -1.06. The van der Waals surface area contributed by atoms with Crippen LogP contribution in [0.2, 0.25) is 0 Å². The van der Waals surface area contributed by atoms with Crippen LogP contribution >= 0.6 is 0 Å². The molecule has 1 fully saturated rings. The molecule has 0 aromatic rings. The van der Waals surface area contributed by atoms with Gasteiger partial charge in [0, 0.05) is 12.8 Å². The van der Waals surface area contributed by atoms with E-state index >= 15 is 0 Å². The van der Waals surface area contributed by atoms with E-state index in [-0.39, 0.29) is 19.4 Å². The van der Waals surface area contributed by atoms with Gasteiger partial charge in [-0.15, -0.1) is 0 Å². The maximum atomic E-state index is 11.4. The third-order valence-corrected chi connectivity index (χ3v) is 3.25. The van der Waals surface area contributed by atoms with E-state index in [2.05, 4.69) is 0 Å². The average Bonchev–Trinajstić information content (AvgIpc) is 2.46. The lowest BCUT2D eigenvalue weighted by Gasteiger charge is -2.39. The minimum Gasteiger partial charge on any atom is -0.463 e. The number of carbonyl (C=O) groups excluding carboxylic acids is 2. The van der Waals surface area contributed by atoms with E-state index in [0.717, 1.165) is 0 Å². The molecule has 1 rings (SSSR count). The van der Waals surface area contributed by atoms with Gasteiger partial charge in [-0.1, -0.05) is 13.8 Å². The first kappa shape index (κ1) is 18.8. The molecule has 3 N–H and O–H groups in total. The molecule has 128 valence electrons. The Morgan fingerprint density at radius 2 is 1.59 bits per heavy atom. The highest BCUT2D eigenvalue weighted by molar-refractivity contribution is 5.69. The van der Waals surface area contributed by atoms with Crippen LogP contribution in [0.15, 0.2) is 0 Å². The topological polar surface area (TPSA) is 123 Å². The van der Waals surface area contributed by atoms with Crippen molar-refractivity contribution in [3.05, 3.63) is 0 Å². The van der Waals surface area contributed by atoms with Crippen molar-refractivity contribution < 1.29 is 39.1 Å². The van der Waals surface area contributed by atoms with E-state index in [1.807, 2.05) is 6.92 Å². The number of hydrogen-bond acceptors (Lipinski definition) is 8. The summed E-state index contributed by atoms with van der Waals surface area (Å²) >= 11 is 0. The van der Waals surface area contributed by atoms with Gasteiger partial charge in [-0.25, -0.2) is 0 Å². The van der Waals surface area contributed by atoms with Gasteiger partial charge in [-0.3, -0.25) is 9.59 Å². The van der Waals surface area contributed by atoms with Crippen LogP contribution in [-0.4, -0.2) is 64.6 Å². The molecule has 5 atom stereocenters. The van der Waals surface area contributed by atoms with Crippen molar-refractivity contribution in [2.24, 2.45) is 0 Å². The van der Waals surface area contributed by atoms with Crippen molar-refractivity contribution in [3.63, 3.8) is 0 Å². The molecular formula is C14H24O8. The SMILES string of the molecule is CCCC(=O)OC[C@H]1O[C@H](O)[C@H](OC(=O)CCC)[C@@H](O)[C@H]1O. The molecule has 0 aliphatic carbocycles. The Balaban J connectivity index is 2.56. The molecule has 0 bridgehead atoms. The van der Waals surface area contributed by atoms with Crippen LogP contribution in [0.4, 0.5) is 0 Å². The Hall–Kier alpha value is -1.22.